The van der Waals surface area contributed by atoms with Crippen LogP contribution in [0.15, 0.2) is 27.4 Å². The number of hydrogen-bond donors (Lipinski definition) is 0. The van der Waals surface area contributed by atoms with Crippen LogP contribution in [-0.4, -0.2) is 29.5 Å². The van der Waals surface area contributed by atoms with Crippen LogP contribution in [0.1, 0.15) is 45.7 Å². The van der Waals surface area contributed by atoms with E-state index in [4.69, 9.17) is 9.15 Å². The lowest BCUT2D eigenvalue weighted by Gasteiger charge is -2.28. The second-order valence-corrected chi connectivity index (χ2v) is 6.56. The third kappa shape index (κ3) is 4.03. The fraction of sp³-hybridized carbons (Fsp3) is 0.500. The molecule has 1 aromatic carbocycles. The number of hydrogen-bond acceptors (Lipinski definition) is 4. The van der Waals surface area contributed by atoms with E-state index in [0.29, 0.717) is 24.3 Å². The second kappa shape index (κ2) is 7.72. The summed E-state index contributed by atoms with van der Waals surface area (Å²) in [6, 6.07) is 5.31. The van der Waals surface area contributed by atoms with Crippen LogP contribution in [0.2, 0.25) is 0 Å². The van der Waals surface area contributed by atoms with Gasteiger partial charge < -0.3 is 14.1 Å². The summed E-state index contributed by atoms with van der Waals surface area (Å²) >= 11 is 0. The summed E-state index contributed by atoms with van der Waals surface area (Å²) in [5.41, 5.74) is 1.89. The van der Waals surface area contributed by atoms with Crippen molar-refractivity contribution >= 4 is 16.9 Å². The standard InChI is InChI=1S/C20H27NO4/c1-7-15-11-18(22)25-17-10-13(5)9-16(19(15)17)24-14(6)20(23)21(8-2)12(3)4/h9-12,14H,7-8H2,1-6H3. The normalized spacial score (nSPS) is 12.4. The van der Waals surface area contributed by atoms with Gasteiger partial charge in [0.25, 0.3) is 5.91 Å². The summed E-state index contributed by atoms with van der Waals surface area (Å²) in [5, 5.41) is 0.764. The third-order valence-corrected chi connectivity index (χ3v) is 4.31. The summed E-state index contributed by atoms with van der Waals surface area (Å²) in [6.07, 6.45) is 0.0562. The topological polar surface area (TPSA) is 59.8 Å². The van der Waals surface area contributed by atoms with Gasteiger partial charge in [-0.25, -0.2) is 4.79 Å². The second-order valence-electron chi connectivity index (χ2n) is 6.56. The van der Waals surface area contributed by atoms with Crippen LogP contribution in [0.5, 0.6) is 5.75 Å². The summed E-state index contributed by atoms with van der Waals surface area (Å²) < 4.78 is 11.4. The Hall–Kier alpha value is -2.30. The van der Waals surface area contributed by atoms with E-state index in [1.165, 1.54) is 6.07 Å². The molecule has 0 aliphatic heterocycles. The molecule has 1 heterocycles. The molecule has 1 atom stereocenters. The number of fused-ring (bicyclic) bond motifs is 1. The van der Waals surface area contributed by atoms with E-state index in [0.717, 1.165) is 16.5 Å². The zero-order valence-electron chi connectivity index (χ0n) is 15.9. The van der Waals surface area contributed by atoms with Crippen molar-refractivity contribution in [3.05, 3.63) is 39.7 Å². The van der Waals surface area contributed by atoms with Gasteiger partial charge in [-0.3, -0.25) is 4.79 Å². The smallest absolute Gasteiger partial charge is 0.336 e. The fourth-order valence-corrected chi connectivity index (χ4v) is 3.09. The lowest BCUT2D eigenvalue weighted by molar-refractivity contribution is -0.139. The molecule has 1 aromatic heterocycles. The summed E-state index contributed by atoms with van der Waals surface area (Å²) in [5.74, 6) is 0.527. The minimum Gasteiger partial charge on any atom is -0.480 e. The van der Waals surface area contributed by atoms with Crippen LogP contribution in [0.4, 0.5) is 0 Å². The van der Waals surface area contributed by atoms with Gasteiger partial charge in [0, 0.05) is 18.7 Å². The van der Waals surface area contributed by atoms with Crippen LogP contribution in [-0.2, 0) is 11.2 Å². The first kappa shape index (κ1) is 19.0. The molecule has 5 heteroatoms. The summed E-state index contributed by atoms with van der Waals surface area (Å²) in [7, 11) is 0. The summed E-state index contributed by atoms with van der Waals surface area (Å²) in [6.45, 7) is 12.2. The molecule has 0 bridgehead atoms. The minimum absolute atomic E-state index is 0.0532. The fourth-order valence-electron chi connectivity index (χ4n) is 3.09. The molecule has 0 saturated carbocycles. The number of benzene rings is 1. The number of carbonyl (C=O) groups excluding carboxylic acids is 1. The average molecular weight is 345 g/mol. The maximum atomic E-state index is 12.7. The van der Waals surface area contributed by atoms with E-state index in [-0.39, 0.29) is 17.6 Å². The highest BCUT2D eigenvalue weighted by Gasteiger charge is 2.24. The summed E-state index contributed by atoms with van der Waals surface area (Å²) in [4.78, 5) is 26.2. The predicted molar refractivity (Wildman–Crippen MR) is 99.2 cm³/mol. The van der Waals surface area contributed by atoms with E-state index in [9.17, 15) is 9.59 Å². The van der Waals surface area contributed by atoms with E-state index in [1.54, 1.807) is 11.8 Å². The number of carbonyl (C=O) groups is 1. The van der Waals surface area contributed by atoms with Crippen LogP contribution in [0.25, 0.3) is 11.0 Å². The number of amides is 1. The van der Waals surface area contributed by atoms with Crippen molar-refractivity contribution in [1.29, 1.82) is 0 Å². The first-order valence-corrected chi connectivity index (χ1v) is 8.82. The van der Waals surface area contributed by atoms with Gasteiger partial charge >= 0.3 is 5.63 Å². The Morgan fingerprint density at radius 3 is 2.44 bits per heavy atom. The molecule has 1 amide bonds. The highest BCUT2D eigenvalue weighted by molar-refractivity contribution is 5.88. The van der Waals surface area contributed by atoms with Gasteiger partial charge in [0.2, 0.25) is 0 Å². The SMILES string of the molecule is CCc1cc(=O)oc2cc(C)cc(OC(C)C(=O)N(CC)C(C)C)c12. The number of nitrogens with zero attached hydrogens (tertiary/aromatic N) is 1. The number of ether oxygens (including phenoxy) is 1. The highest BCUT2D eigenvalue weighted by Crippen LogP contribution is 2.31. The van der Waals surface area contributed by atoms with Crippen LogP contribution in [0.3, 0.4) is 0 Å². The van der Waals surface area contributed by atoms with Crippen molar-refractivity contribution in [1.82, 2.24) is 4.90 Å². The highest BCUT2D eigenvalue weighted by atomic mass is 16.5. The zero-order chi connectivity index (χ0) is 18.7. The van der Waals surface area contributed by atoms with Gasteiger partial charge in [-0.05, 0) is 64.3 Å². The maximum absolute atomic E-state index is 12.7. The first-order valence-electron chi connectivity index (χ1n) is 8.82. The Bertz CT molecular complexity index is 822. The number of likely N-dealkylation sites (N-methyl/N-ethyl adjacent to an activating group) is 1. The molecule has 0 aliphatic rings. The van der Waals surface area contributed by atoms with Gasteiger partial charge in [0.15, 0.2) is 6.10 Å². The number of aryl methyl sites for hydroxylation is 2. The van der Waals surface area contributed by atoms with Crippen LogP contribution < -0.4 is 10.4 Å². The molecule has 1 unspecified atom stereocenters. The Morgan fingerprint density at radius 1 is 1.20 bits per heavy atom. The molecule has 0 fully saturated rings. The van der Waals surface area contributed by atoms with E-state index >= 15 is 0 Å². The zero-order valence-corrected chi connectivity index (χ0v) is 15.9. The molecular formula is C20H27NO4. The predicted octanol–water partition coefficient (Wildman–Crippen LogP) is 3.69. The van der Waals surface area contributed by atoms with Crippen molar-refractivity contribution in [3.8, 4) is 5.75 Å². The largest absolute Gasteiger partial charge is 0.480 e. The molecule has 25 heavy (non-hydrogen) atoms. The van der Waals surface area contributed by atoms with Gasteiger partial charge in [0.05, 0.1) is 5.39 Å². The molecule has 136 valence electrons. The Kier molecular flexibility index (Phi) is 5.88. The molecule has 0 aliphatic carbocycles. The molecule has 2 rings (SSSR count). The van der Waals surface area contributed by atoms with Crippen molar-refractivity contribution in [2.24, 2.45) is 0 Å². The monoisotopic (exact) mass is 345 g/mol. The lowest BCUT2D eigenvalue weighted by Crippen LogP contribution is -2.44. The molecule has 0 radical (unpaired) electrons. The maximum Gasteiger partial charge on any atom is 0.336 e. The Morgan fingerprint density at radius 2 is 1.88 bits per heavy atom. The molecule has 0 saturated heterocycles. The Labute approximate surface area is 148 Å². The molecule has 0 spiro atoms. The molecule has 2 aromatic rings. The first-order chi connectivity index (χ1) is 11.8. The van der Waals surface area contributed by atoms with Gasteiger partial charge in [-0.15, -0.1) is 0 Å². The molecular weight excluding hydrogens is 318 g/mol. The van der Waals surface area contributed by atoms with Gasteiger partial charge in [0.1, 0.15) is 11.3 Å². The Balaban J connectivity index is 2.47. The number of rotatable bonds is 6. The van der Waals surface area contributed by atoms with Gasteiger partial charge in [-0.1, -0.05) is 6.92 Å². The quantitative estimate of drug-likeness (QED) is 0.749. The van der Waals surface area contributed by atoms with Crippen molar-refractivity contribution in [2.75, 3.05) is 6.54 Å². The van der Waals surface area contributed by atoms with Crippen molar-refractivity contribution in [3.63, 3.8) is 0 Å². The van der Waals surface area contributed by atoms with Crippen molar-refractivity contribution in [2.45, 2.75) is 60.1 Å². The van der Waals surface area contributed by atoms with E-state index in [2.05, 4.69) is 0 Å². The van der Waals surface area contributed by atoms with E-state index < -0.39 is 6.10 Å². The molecule has 0 N–H and O–H groups in total. The minimum atomic E-state index is -0.621. The van der Waals surface area contributed by atoms with E-state index in [1.807, 2.05) is 46.8 Å². The van der Waals surface area contributed by atoms with Crippen LogP contribution >= 0.6 is 0 Å². The average Bonchev–Trinajstić information content (AvgIpc) is 2.53. The van der Waals surface area contributed by atoms with Crippen LogP contribution in [0, 0.1) is 6.92 Å². The third-order valence-electron chi connectivity index (χ3n) is 4.31. The molecule has 5 nitrogen and oxygen atoms in total. The lowest BCUT2D eigenvalue weighted by atomic mass is 10.0. The van der Waals surface area contributed by atoms with Gasteiger partial charge in [-0.2, -0.15) is 0 Å². The van der Waals surface area contributed by atoms with Crippen molar-refractivity contribution < 1.29 is 13.9 Å².